The molecule has 0 aliphatic carbocycles. The number of methoxy groups -OCH3 is 1. The Hall–Kier alpha value is -4.99. The van der Waals surface area contributed by atoms with Crippen LogP contribution in [-0.4, -0.2) is 53.3 Å². The number of amides is 2. The Morgan fingerprint density at radius 1 is 1.16 bits per heavy atom. The summed E-state index contributed by atoms with van der Waals surface area (Å²) in [5.74, 6) is -4.02. The SMILES string of the molecule is COc1cc(C(=O)NC[C@](O)(c2cc3c(c(-c4ccc(F)cc4)n2)OC[C@]3(F)C(N)=O)C(F)(F)F)cc2cc(C(F)F)cnc12. The smallest absolute Gasteiger partial charge is 0.424 e. The number of benzene rings is 2. The minimum atomic E-state index is -5.57. The van der Waals surface area contributed by atoms with E-state index in [1.165, 1.54) is 7.11 Å². The van der Waals surface area contributed by atoms with Gasteiger partial charge in [-0.05, 0) is 48.5 Å². The average molecular weight is 638 g/mol. The molecule has 0 saturated carbocycles. The molecule has 9 nitrogen and oxygen atoms in total. The molecule has 0 bridgehead atoms. The van der Waals surface area contributed by atoms with Crippen molar-refractivity contribution < 1.29 is 54.9 Å². The standard InChI is InChI=1S/C29H21F7N4O5/c1-44-19-8-15(6-14-7-16(24(31)32)10-38-21(14)19)25(41)39-11-28(43,29(34,35)36)20-9-18-23(45-12-27(18,33)26(37)42)22(40-20)13-2-4-17(30)5-3-13/h2-10,24,43H,11-12H2,1H3,(H2,37,42)(H,39,41)/t27-,28+/m1/s1. The molecule has 1 aliphatic rings. The maximum atomic E-state index is 15.7. The molecule has 0 fully saturated rings. The molecule has 2 aromatic carbocycles. The molecule has 0 radical (unpaired) electrons. The number of hydrogen-bond acceptors (Lipinski definition) is 7. The van der Waals surface area contributed by atoms with E-state index in [2.05, 4.69) is 9.97 Å². The van der Waals surface area contributed by atoms with Crippen molar-refractivity contribution in [1.29, 1.82) is 0 Å². The molecule has 4 N–H and O–H groups in total. The summed E-state index contributed by atoms with van der Waals surface area (Å²) in [6.45, 7) is -2.60. The molecule has 4 aromatic rings. The van der Waals surface area contributed by atoms with Crippen LogP contribution in [0.3, 0.4) is 0 Å². The summed E-state index contributed by atoms with van der Waals surface area (Å²) in [5, 5.41) is 13.0. The lowest BCUT2D eigenvalue weighted by Crippen LogP contribution is -2.51. The largest absolute Gasteiger partial charge is 0.494 e. The third kappa shape index (κ3) is 5.45. The average Bonchev–Trinajstić information content (AvgIpc) is 3.35. The lowest BCUT2D eigenvalue weighted by Gasteiger charge is -2.31. The Balaban J connectivity index is 1.58. The fourth-order valence-electron chi connectivity index (χ4n) is 4.73. The van der Waals surface area contributed by atoms with E-state index in [1.54, 1.807) is 0 Å². The van der Waals surface area contributed by atoms with Crippen LogP contribution < -0.4 is 20.5 Å². The van der Waals surface area contributed by atoms with Crippen molar-refractivity contribution in [2.75, 3.05) is 20.3 Å². The van der Waals surface area contributed by atoms with Gasteiger partial charge in [-0.2, -0.15) is 13.2 Å². The molecule has 0 spiro atoms. The maximum Gasteiger partial charge on any atom is 0.424 e. The molecule has 16 heteroatoms. The summed E-state index contributed by atoms with van der Waals surface area (Å²) < 4.78 is 110. The Labute approximate surface area is 248 Å². The number of alkyl halides is 6. The molecule has 0 saturated heterocycles. The number of nitrogens with zero attached hydrogens (tertiary/aromatic N) is 2. The number of pyridine rings is 2. The van der Waals surface area contributed by atoms with E-state index >= 15 is 4.39 Å². The first-order chi connectivity index (χ1) is 21.1. The Morgan fingerprint density at radius 3 is 2.44 bits per heavy atom. The topological polar surface area (TPSA) is 137 Å². The fraction of sp³-hybridized carbons (Fsp3) is 0.241. The molecule has 3 heterocycles. The van der Waals surface area contributed by atoms with Crippen molar-refractivity contribution >= 4 is 22.7 Å². The summed E-state index contributed by atoms with van der Waals surface area (Å²) in [6.07, 6.45) is -7.57. The fourth-order valence-corrected chi connectivity index (χ4v) is 4.73. The number of aliphatic hydroxyl groups is 1. The molecule has 0 unspecified atom stereocenters. The van der Waals surface area contributed by atoms with E-state index in [0.29, 0.717) is 6.07 Å². The second kappa shape index (κ2) is 11.2. The first kappa shape index (κ1) is 31.4. The molecule has 2 amide bonds. The van der Waals surface area contributed by atoms with Crippen LogP contribution in [0, 0.1) is 5.82 Å². The van der Waals surface area contributed by atoms with Gasteiger partial charge in [-0.15, -0.1) is 0 Å². The number of ether oxygens (including phenoxy) is 2. The van der Waals surface area contributed by atoms with Crippen molar-refractivity contribution in [2.45, 2.75) is 23.9 Å². The first-order valence-electron chi connectivity index (χ1n) is 12.9. The summed E-state index contributed by atoms with van der Waals surface area (Å²) in [7, 11) is 1.19. The highest BCUT2D eigenvalue weighted by Gasteiger charge is 2.58. The number of fused-ring (bicyclic) bond motifs is 2. The Morgan fingerprint density at radius 2 is 1.84 bits per heavy atom. The number of carbonyl (C=O) groups is 2. The van der Waals surface area contributed by atoms with Crippen molar-refractivity contribution in [3.8, 4) is 22.8 Å². The maximum absolute atomic E-state index is 15.7. The number of primary amides is 1. The predicted molar refractivity (Wildman–Crippen MR) is 143 cm³/mol. The van der Waals surface area contributed by atoms with E-state index in [4.69, 9.17) is 15.2 Å². The molecular weight excluding hydrogens is 617 g/mol. The highest BCUT2D eigenvalue weighted by molar-refractivity contribution is 6.00. The summed E-state index contributed by atoms with van der Waals surface area (Å²) in [4.78, 5) is 32.8. The third-order valence-electron chi connectivity index (χ3n) is 7.22. The van der Waals surface area contributed by atoms with Gasteiger partial charge in [0.1, 0.15) is 29.4 Å². The first-order valence-corrected chi connectivity index (χ1v) is 12.9. The predicted octanol–water partition coefficient (Wildman–Crippen LogP) is 4.60. The normalized spacial score (nSPS) is 17.5. The van der Waals surface area contributed by atoms with Crippen molar-refractivity contribution in [2.24, 2.45) is 5.73 Å². The lowest BCUT2D eigenvalue weighted by atomic mass is 9.90. The van der Waals surface area contributed by atoms with Crippen LogP contribution in [0.4, 0.5) is 30.7 Å². The van der Waals surface area contributed by atoms with Gasteiger partial charge in [0.15, 0.2) is 5.75 Å². The minimum absolute atomic E-state index is 0.0124. The number of nitrogens with two attached hydrogens (primary N) is 1. The minimum Gasteiger partial charge on any atom is -0.494 e. The van der Waals surface area contributed by atoms with Gasteiger partial charge in [0.25, 0.3) is 23.9 Å². The molecular formula is C29H21F7N4O5. The van der Waals surface area contributed by atoms with Crippen LogP contribution in [0.2, 0.25) is 0 Å². The zero-order valence-corrected chi connectivity index (χ0v) is 22.9. The number of aromatic nitrogens is 2. The number of carbonyl (C=O) groups excluding carboxylic acids is 2. The monoisotopic (exact) mass is 638 g/mol. The highest BCUT2D eigenvalue weighted by atomic mass is 19.4. The third-order valence-corrected chi connectivity index (χ3v) is 7.22. The van der Waals surface area contributed by atoms with Gasteiger partial charge in [-0.3, -0.25) is 14.6 Å². The Bertz CT molecular complexity index is 1820. The number of halogens is 7. The van der Waals surface area contributed by atoms with E-state index in [1.807, 2.05) is 5.32 Å². The summed E-state index contributed by atoms with van der Waals surface area (Å²) in [5.41, 5.74) is -5.21. The van der Waals surface area contributed by atoms with Crippen molar-refractivity contribution in [3.63, 3.8) is 0 Å². The van der Waals surface area contributed by atoms with Crippen LogP contribution in [0.25, 0.3) is 22.2 Å². The van der Waals surface area contributed by atoms with Crippen LogP contribution in [-0.2, 0) is 16.1 Å². The second-order valence-corrected chi connectivity index (χ2v) is 10.1. The van der Waals surface area contributed by atoms with E-state index in [0.717, 1.165) is 48.7 Å². The van der Waals surface area contributed by atoms with Crippen LogP contribution >= 0.6 is 0 Å². The van der Waals surface area contributed by atoms with Crippen molar-refractivity contribution in [1.82, 2.24) is 15.3 Å². The zero-order chi connectivity index (χ0) is 32.9. The highest BCUT2D eigenvalue weighted by Crippen LogP contribution is 2.48. The molecule has 2 aromatic heterocycles. The van der Waals surface area contributed by atoms with E-state index < -0.39 is 82.9 Å². The molecule has 45 heavy (non-hydrogen) atoms. The molecule has 236 valence electrons. The van der Waals surface area contributed by atoms with Gasteiger partial charge in [0.05, 0.1) is 19.3 Å². The lowest BCUT2D eigenvalue weighted by molar-refractivity contribution is -0.265. The summed E-state index contributed by atoms with van der Waals surface area (Å²) in [6, 6.07) is 7.74. The van der Waals surface area contributed by atoms with Crippen LogP contribution in [0.15, 0.2) is 54.7 Å². The van der Waals surface area contributed by atoms with Gasteiger partial charge < -0.3 is 25.6 Å². The molecule has 1 aliphatic heterocycles. The number of nitrogens with one attached hydrogen (secondary N) is 1. The van der Waals surface area contributed by atoms with Crippen LogP contribution in [0.1, 0.15) is 33.6 Å². The number of rotatable bonds is 8. The molecule has 2 atom stereocenters. The van der Waals surface area contributed by atoms with Gasteiger partial charge in [-0.25, -0.2) is 22.5 Å². The van der Waals surface area contributed by atoms with E-state index in [9.17, 15) is 41.0 Å². The van der Waals surface area contributed by atoms with Gasteiger partial charge in [0, 0.05) is 33.8 Å². The summed E-state index contributed by atoms with van der Waals surface area (Å²) >= 11 is 0. The quantitative estimate of drug-likeness (QED) is 0.240. The van der Waals surface area contributed by atoms with Gasteiger partial charge >= 0.3 is 6.18 Å². The zero-order valence-electron chi connectivity index (χ0n) is 22.9. The Kier molecular flexibility index (Phi) is 7.81. The molecule has 5 rings (SSSR count). The van der Waals surface area contributed by atoms with Crippen LogP contribution in [0.5, 0.6) is 11.5 Å². The van der Waals surface area contributed by atoms with Gasteiger partial charge in [0.2, 0.25) is 5.60 Å². The number of hydrogen-bond donors (Lipinski definition) is 3. The van der Waals surface area contributed by atoms with Gasteiger partial charge in [-0.1, -0.05) is 0 Å². The second-order valence-electron chi connectivity index (χ2n) is 10.1. The van der Waals surface area contributed by atoms with E-state index in [-0.39, 0.29) is 27.8 Å². The van der Waals surface area contributed by atoms with Crippen molar-refractivity contribution in [3.05, 3.63) is 82.9 Å².